The van der Waals surface area contributed by atoms with E-state index < -0.39 is 0 Å². The molecule has 1 aromatic rings. The molecule has 0 unspecified atom stereocenters. The first-order chi connectivity index (χ1) is 6.77. The predicted molar refractivity (Wildman–Crippen MR) is 57.9 cm³/mol. The maximum Gasteiger partial charge on any atom is 0.188 e. The Kier molecular flexibility index (Phi) is 2.96. The number of hydrogen-bond acceptors (Lipinski definition) is 3. The smallest absolute Gasteiger partial charge is 0.188 e. The molecule has 1 fully saturated rings. The summed E-state index contributed by atoms with van der Waals surface area (Å²) in [6.45, 7) is 1.59. The first-order valence-electron chi connectivity index (χ1n) is 5.24. The molecule has 1 saturated carbocycles. The van der Waals surface area contributed by atoms with Crippen LogP contribution in [0.5, 0.6) is 0 Å². The summed E-state index contributed by atoms with van der Waals surface area (Å²) in [7, 11) is 0. The van der Waals surface area contributed by atoms with Gasteiger partial charge in [0.1, 0.15) is 0 Å². The maximum absolute atomic E-state index is 11.1. The van der Waals surface area contributed by atoms with E-state index in [1.165, 1.54) is 43.4 Å². The SMILES string of the molecule is CC(=O)c1nc(C2CCCCC2)cs1. The topological polar surface area (TPSA) is 30.0 Å². The molecular weight excluding hydrogens is 194 g/mol. The van der Waals surface area contributed by atoms with Gasteiger partial charge in [-0.15, -0.1) is 11.3 Å². The average Bonchev–Trinajstić information content (AvgIpc) is 2.68. The second-order valence-electron chi connectivity index (χ2n) is 3.97. The lowest BCUT2D eigenvalue weighted by atomic mass is 9.87. The van der Waals surface area contributed by atoms with Gasteiger partial charge >= 0.3 is 0 Å². The van der Waals surface area contributed by atoms with E-state index in [0.717, 1.165) is 5.69 Å². The summed E-state index contributed by atoms with van der Waals surface area (Å²) in [6.07, 6.45) is 6.50. The van der Waals surface area contributed by atoms with Gasteiger partial charge in [-0.25, -0.2) is 4.98 Å². The Balaban J connectivity index is 2.11. The molecule has 1 aliphatic carbocycles. The van der Waals surface area contributed by atoms with E-state index >= 15 is 0 Å². The van der Waals surface area contributed by atoms with E-state index in [4.69, 9.17) is 0 Å². The average molecular weight is 209 g/mol. The molecule has 0 radical (unpaired) electrons. The number of ketones is 1. The molecule has 14 heavy (non-hydrogen) atoms. The fraction of sp³-hybridized carbons (Fsp3) is 0.636. The Bertz CT molecular complexity index is 326. The molecule has 1 aliphatic rings. The molecular formula is C11H15NOS. The molecule has 3 heteroatoms. The molecule has 1 heterocycles. The van der Waals surface area contributed by atoms with Crippen molar-refractivity contribution in [1.29, 1.82) is 0 Å². The molecule has 0 saturated heterocycles. The summed E-state index contributed by atoms with van der Waals surface area (Å²) >= 11 is 1.49. The van der Waals surface area contributed by atoms with Crippen LogP contribution in [0.3, 0.4) is 0 Å². The van der Waals surface area contributed by atoms with Gasteiger partial charge in [-0.1, -0.05) is 19.3 Å². The minimum atomic E-state index is 0.0945. The predicted octanol–water partition coefficient (Wildman–Crippen LogP) is 3.39. The van der Waals surface area contributed by atoms with E-state index in [-0.39, 0.29) is 5.78 Å². The molecule has 2 rings (SSSR count). The van der Waals surface area contributed by atoms with Crippen LogP contribution in [0.15, 0.2) is 5.38 Å². The molecule has 0 spiro atoms. The number of thiazole rings is 1. The van der Waals surface area contributed by atoms with Crippen LogP contribution in [0.25, 0.3) is 0 Å². The normalized spacial score (nSPS) is 18.4. The van der Waals surface area contributed by atoms with Crippen LogP contribution in [0, 0.1) is 0 Å². The lowest BCUT2D eigenvalue weighted by Crippen LogP contribution is -2.05. The van der Waals surface area contributed by atoms with Gasteiger partial charge in [-0.2, -0.15) is 0 Å². The lowest BCUT2D eigenvalue weighted by molar-refractivity contribution is 0.101. The first-order valence-corrected chi connectivity index (χ1v) is 6.11. The van der Waals surface area contributed by atoms with Crippen LogP contribution in [0.4, 0.5) is 0 Å². The minimum absolute atomic E-state index is 0.0945. The zero-order valence-corrected chi connectivity index (χ0v) is 9.27. The molecule has 76 valence electrons. The van der Waals surface area contributed by atoms with E-state index in [0.29, 0.717) is 10.9 Å². The number of aromatic nitrogens is 1. The quantitative estimate of drug-likeness (QED) is 0.699. The number of carbonyl (C=O) groups excluding carboxylic acids is 1. The third-order valence-electron chi connectivity index (χ3n) is 2.85. The van der Waals surface area contributed by atoms with Crippen molar-refractivity contribution >= 4 is 17.1 Å². The lowest BCUT2D eigenvalue weighted by Gasteiger charge is -2.19. The summed E-state index contributed by atoms with van der Waals surface area (Å²) < 4.78 is 0. The van der Waals surface area contributed by atoms with Gasteiger partial charge in [0.05, 0.1) is 5.69 Å². The Hall–Kier alpha value is -0.700. The van der Waals surface area contributed by atoms with Gasteiger partial charge in [0.2, 0.25) is 0 Å². The maximum atomic E-state index is 11.1. The third kappa shape index (κ3) is 2.03. The highest BCUT2D eigenvalue weighted by atomic mass is 32.1. The highest BCUT2D eigenvalue weighted by Gasteiger charge is 2.18. The van der Waals surface area contributed by atoms with Crippen molar-refractivity contribution in [3.63, 3.8) is 0 Å². The summed E-state index contributed by atoms with van der Waals surface area (Å²) in [5.41, 5.74) is 1.15. The van der Waals surface area contributed by atoms with Crippen LogP contribution in [0.1, 0.15) is 60.4 Å². The number of hydrogen-bond donors (Lipinski definition) is 0. The molecule has 0 aliphatic heterocycles. The van der Waals surface area contributed by atoms with Crippen molar-refractivity contribution in [2.75, 3.05) is 0 Å². The Morgan fingerprint density at radius 2 is 2.14 bits per heavy atom. The fourth-order valence-corrected chi connectivity index (χ4v) is 2.84. The molecule has 2 nitrogen and oxygen atoms in total. The van der Waals surface area contributed by atoms with Gasteiger partial charge in [0.15, 0.2) is 10.8 Å². The largest absolute Gasteiger partial charge is 0.292 e. The van der Waals surface area contributed by atoms with E-state index in [1.807, 2.05) is 0 Å². The molecule has 0 amide bonds. The van der Waals surface area contributed by atoms with Crippen LogP contribution in [0.2, 0.25) is 0 Å². The van der Waals surface area contributed by atoms with Crippen molar-refractivity contribution in [2.45, 2.75) is 44.9 Å². The highest BCUT2D eigenvalue weighted by Crippen LogP contribution is 2.32. The molecule has 0 bridgehead atoms. The van der Waals surface area contributed by atoms with Crippen molar-refractivity contribution in [3.05, 3.63) is 16.1 Å². The highest BCUT2D eigenvalue weighted by molar-refractivity contribution is 7.11. The summed E-state index contributed by atoms with van der Waals surface area (Å²) in [4.78, 5) is 15.5. The molecule has 1 aromatic heterocycles. The van der Waals surface area contributed by atoms with Gasteiger partial charge in [0.25, 0.3) is 0 Å². The molecule has 0 atom stereocenters. The Labute approximate surface area is 88.4 Å². The summed E-state index contributed by atoms with van der Waals surface area (Å²) in [5, 5.41) is 2.73. The third-order valence-corrected chi connectivity index (χ3v) is 3.81. The number of nitrogens with zero attached hydrogens (tertiary/aromatic N) is 1. The van der Waals surface area contributed by atoms with E-state index in [2.05, 4.69) is 10.4 Å². The minimum Gasteiger partial charge on any atom is -0.292 e. The number of rotatable bonds is 2. The van der Waals surface area contributed by atoms with Crippen molar-refractivity contribution in [3.8, 4) is 0 Å². The summed E-state index contributed by atoms with van der Waals surface area (Å²) in [6, 6.07) is 0. The first kappa shape index (κ1) is 9.84. The standard InChI is InChI=1S/C11H15NOS/c1-8(13)11-12-10(7-14-11)9-5-3-2-4-6-9/h7,9H,2-6H2,1H3. The number of Topliss-reactive ketones (excluding diaryl/α,β-unsaturated/α-hetero) is 1. The fourth-order valence-electron chi connectivity index (χ4n) is 2.03. The summed E-state index contributed by atoms with van der Waals surface area (Å²) in [5.74, 6) is 0.713. The van der Waals surface area contributed by atoms with Crippen LogP contribution >= 0.6 is 11.3 Å². The van der Waals surface area contributed by atoms with Gasteiger partial charge < -0.3 is 0 Å². The second-order valence-corrected chi connectivity index (χ2v) is 4.83. The van der Waals surface area contributed by atoms with Crippen molar-refractivity contribution < 1.29 is 4.79 Å². The Morgan fingerprint density at radius 1 is 1.43 bits per heavy atom. The molecule has 0 N–H and O–H groups in total. The second kappa shape index (κ2) is 4.22. The zero-order valence-electron chi connectivity index (χ0n) is 8.45. The monoisotopic (exact) mass is 209 g/mol. The van der Waals surface area contributed by atoms with Crippen LogP contribution in [-0.4, -0.2) is 10.8 Å². The van der Waals surface area contributed by atoms with Crippen LogP contribution < -0.4 is 0 Å². The Morgan fingerprint density at radius 3 is 2.71 bits per heavy atom. The van der Waals surface area contributed by atoms with Gasteiger partial charge in [0, 0.05) is 18.2 Å². The number of carbonyl (C=O) groups is 1. The van der Waals surface area contributed by atoms with E-state index in [9.17, 15) is 4.79 Å². The molecule has 0 aromatic carbocycles. The van der Waals surface area contributed by atoms with Gasteiger partial charge in [-0.3, -0.25) is 4.79 Å². The van der Waals surface area contributed by atoms with Crippen molar-refractivity contribution in [2.24, 2.45) is 0 Å². The van der Waals surface area contributed by atoms with E-state index in [1.54, 1.807) is 6.92 Å². The van der Waals surface area contributed by atoms with Crippen LogP contribution in [-0.2, 0) is 0 Å². The van der Waals surface area contributed by atoms with Crippen molar-refractivity contribution in [1.82, 2.24) is 4.98 Å². The van der Waals surface area contributed by atoms with Gasteiger partial charge in [-0.05, 0) is 12.8 Å². The zero-order chi connectivity index (χ0) is 9.97.